The zero-order chi connectivity index (χ0) is 29.4. The molecule has 42 heavy (non-hydrogen) atoms. The molecule has 3 amide bonds. The lowest BCUT2D eigenvalue weighted by Gasteiger charge is -2.34. The summed E-state index contributed by atoms with van der Waals surface area (Å²) in [6, 6.07) is 9.70. The molecular formula is C32H42N6O3S. The quantitative estimate of drug-likeness (QED) is 0.368. The SMILES string of the molecule is CC(C)(C)[C@H]1CCc2nc3sc(C(=O)N[C@H](CCN4CCC(O)CC4)c4cccc(N5CCNC5=O)c4)nc3cc2C1. The number of aryl methyl sites for hydroxylation is 1. The van der Waals surface area contributed by atoms with Crippen LogP contribution in [0.25, 0.3) is 10.3 Å². The molecule has 2 atom stereocenters. The molecule has 0 saturated carbocycles. The average Bonchev–Trinajstić information content (AvgIpc) is 3.59. The van der Waals surface area contributed by atoms with E-state index in [2.05, 4.69) is 42.4 Å². The van der Waals surface area contributed by atoms with Crippen molar-refractivity contribution in [2.75, 3.05) is 37.6 Å². The fourth-order valence-corrected chi connectivity index (χ4v) is 7.32. The summed E-state index contributed by atoms with van der Waals surface area (Å²) in [7, 11) is 0. The molecule has 4 heterocycles. The van der Waals surface area contributed by atoms with Gasteiger partial charge in [-0.1, -0.05) is 44.2 Å². The standard InChI is InChI=1S/C32H42N6O3S/c1-32(2,3)22-7-8-25-21(17-22)19-27-29(35-25)42-30(36-27)28(40)34-26(11-15-37-13-9-24(39)10-14-37)20-5-4-6-23(18-20)38-16-12-33-31(38)41/h4-6,18-19,22,24,26,39H,7-17H2,1-3H3,(H,33,41)(H,34,40)/t22-,26+/m0/s1. The van der Waals surface area contributed by atoms with Crippen LogP contribution in [0, 0.1) is 11.3 Å². The minimum atomic E-state index is -0.254. The van der Waals surface area contributed by atoms with Gasteiger partial charge in [0, 0.05) is 44.1 Å². The van der Waals surface area contributed by atoms with Crippen molar-refractivity contribution in [2.45, 2.75) is 71.4 Å². The second-order valence-electron chi connectivity index (χ2n) is 13.1. The molecule has 1 aromatic carbocycles. The first-order valence-corrected chi connectivity index (χ1v) is 16.1. The molecule has 9 nitrogen and oxygen atoms in total. The van der Waals surface area contributed by atoms with Gasteiger partial charge in [0.25, 0.3) is 5.91 Å². The van der Waals surface area contributed by atoms with Crippen LogP contribution in [0.1, 0.15) is 79.1 Å². The monoisotopic (exact) mass is 590 g/mol. The third-order valence-corrected chi connectivity index (χ3v) is 10.2. The van der Waals surface area contributed by atoms with Crippen LogP contribution >= 0.6 is 11.3 Å². The van der Waals surface area contributed by atoms with Gasteiger partial charge in [0.15, 0.2) is 5.01 Å². The molecule has 3 aromatic rings. The molecular weight excluding hydrogens is 548 g/mol. The highest BCUT2D eigenvalue weighted by molar-refractivity contribution is 7.19. The number of nitrogens with zero attached hydrogens (tertiary/aromatic N) is 4. The van der Waals surface area contributed by atoms with Crippen LogP contribution < -0.4 is 15.5 Å². The number of nitrogens with one attached hydrogen (secondary N) is 2. The lowest BCUT2D eigenvalue weighted by atomic mass is 9.71. The Morgan fingerprint density at radius 1 is 1.17 bits per heavy atom. The van der Waals surface area contributed by atoms with Gasteiger partial charge in [-0.3, -0.25) is 9.69 Å². The zero-order valence-corrected chi connectivity index (χ0v) is 25.7. The molecule has 2 fully saturated rings. The molecule has 0 radical (unpaired) electrons. The molecule has 0 bridgehead atoms. The number of pyridine rings is 1. The number of carbonyl (C=O) groups is 2. The Morgan fingerprint density at radius 3 is 2.71 bits per heavy atom. The van der Waals surface area contributed by atoms with Gasteiger partial charge in [-0.25, -0.2) is 14.8 Å². The third kappa shape index (κ3) is 6.31. The highest BCUT2D eigenvalue weighted by atomic mass is 32.1. The number of aromatic nitrogens is 2. The highest BCUT2D eigenvalue weighted by Gasteiger charge is 2.30. The summed E-state index contributed by atoms with van der Waals surface area (Å²) < 4.78 is 0. The summed E-state index contributed by atoms with van der Waals surface area (Å²) in [5.41, 5.74) is 5.23. The van der Waals surface area contributed by atoms with Gasteiger partial charge in [-0.05, 0) is 79.2 Å². The molecule has 224 valence electrons. The van der Waals surface area contributed by atoms with Gasteiger partial charge in [-0.2, -0.15) is 0 Å². The van der Waals surface area contributed by atoms with Crippen molar-refractivity contribution in [3.8, 4) is 0 Å². The summed E-state index contributed by atoms with van der Waals surface area (Å²) in [5, 5.41) is 16.5. The summed E-state index contributed by atoms with van der Waals surface area (Å²) in [6.07, 6.45) is 5.14. The molecule has 0 unspecified atom stereocenters. The van der Waals surface area contributed by atoms with Crippen molar-refractivity contribution in [3.05, 3.63) is 52.2 Å². The number of urea groups is 1. The Morgan fingerprint density at radius 2 is 1.98 bits per heavy atom. The van der Waals surface area contributed by atoms with Crippen LogP contribution in [0.15, 0.2) is 30.3 Å². The Kier molecular flexibility index (Phi) is 8.22. The molecule has 3 aliphatic rings. The smallest absolute Gasteiger partial charge is 0.321 e. The Balaban J connectivity index is 1.23. The van der Waals surface area contributed by atoms with Crippen LogP contribution in [0.5, 0.6) is 0 Å². The number of benzene rings is 1. The summed E-state index contributed by atoms with van der Waals surface area (Å²) >= 11 is 1.36. The Labute approximate surface area is 251 Å². The average molecular weight is 591 g/mol. The van der Waals surface area contributed by atoms with E-state index in [-0.39, 0.29) is 29.5 Å². The van der Waals surface area contributed by atoms with Gasteiger partial charge in [-0.15, -0.1) is 0 Å². The number of likely N-dealkylation sites (tertiary alicyclic amines) is 1. The number of rotatable bonds is 7. The second kappa shape index (κ2) is 11.9. The van der Waals surface area contributed by atoms with E-state index >= 15 is 0 Å². The van der Waals surface area contributed by atoms with E-state index in [4.69, 9.17) is 9.97 Å². The number of hydrogen-bond donors (Lipinski definition) is 3. The molecule has 6 rings (SSSR count). The van der Waals surface area contributed by atoms with E-state index in [9.17, 15) is 14.7 Å². The highest BCUT2D eigenvalue weighted by Crippen LogP contribution is 2.38. The van der Waals surface area contributed by atoms with Gasteiger partial charge < -0.3 is 20.6 Å². The number of carbonyl (C=O) groups excluding carboxylic acids is 2. The largest absolute Gasteiger partial charge is 0.393 e. The van der Waals surface area contributed by atoms with Crippen LogP contribution in [0.2, 0.25) is 0 Å². The van der Waals surface area contributed by atoms with E-state index in [0.717, 1.165) is 79.0 Å². The van der Waals surface area contributed by atoms with Gasteiger partial charge in [0.05, 0.1) is 12.1 Å². The van der Waals surface area contributed by atoms with Crippen molar-refractivity contribution in [3.63, 3.8) is 0 Å². The van der Waals surface area contributed by atoms with Crippen LogP contribution in [-0.4, -0.2) is 70.7 Å². The minimum absolute atomic E-state index is 0.0990. The van der Waals surface area contributed by atoms with Crippen molar-refractivity contribution in [1.82, 2.24) is 25.5 Å². The van der Waals surface area contributed by atoms with Crippen molar-refractivity contribution in [1.29, 1.82) is 0 Å². The fraction of sp³-hybridized carbons (Fsp3) is 0.562. The molecule has 2 saturated heterocycles. The topological polar surface area (TPSA) is 111 Å². The number of amides is 3. The number of aliphatic hydroxyl groups is 1. The fourth-order valence-electron chi connectivity index (χ4n) is 6.47. The maximum Gasteiger partial charge on any atom is 0.321 e. The molecule has 2 aromatic heterocycles. The van der Waals surface area contributed by atoms with E-state index in [1.807, 2.05) is 24.3 Å². The van der Waals surface area contributed by atoms with Crippen LogP contribution in [-0.2, 0) is 12.8 Å². The number of aliphatic hydroxyl groups excluding tert-OH is 1. The number of fused-ring (bicyclic) bond motifs is 2. The molecule has 1 aliphatic carbocycles. The predicted octanol–water partition coefficient (Wildman–Crippen LogP) is 4.69. The number of thiazole rings is 1. The second-order valence-corrected chi connectivity index (χ2v) is 14.1. The van der Waals surface area contributed by atoms with Gasteiger partial charge in [0.2, 0.25) is 0 Å². The van der Waals surface area contributed by atoms with Crippen LogP contribution in [0.4, 0.5) is 10.5 Å². The number of piperidine rings is 1. The summed E-state index contributed by atoms with van der Waals surface area (Å²) in [6.45, 7) is 10.7. The zero-order valence-electron chi connectivity index (χ0n) is 24.9. The molecule has 2 aliphatic heterocycles. The first kappa shape index (κ1) is 29.0. The summed E-state index contributed by atoms with van der Waals surface area (Å²) in [5.74, 6) is 0.406. The van der Waals surface area contributed by atoms with Crippen LogP contribution in [0.3, 0.4) is 0 Å². The van der Waals surface area contributed by atoms with Crippen molar-refractivity contribution >= 4 is 39.3 Å². The normalized spacial score (nSPS) is 20.9. The number of anilines is 1. The van der Waals surface area contributed by atoms with Crippen molar-refractivity contribution < 1.29 is 14.7 Å². The first-order valence-electron chi connectivity index (χ1n) is 15.3. The Hall–Kier alpha value is -3.08. The molecule has 0 spiro atoms. The maximum atomic E-state index is 13.7. The maximum absolute atomic E-state index is 13.7. The van der Waals surface area contributed by atoms with Crippen molar-refractivity contribution in [2.24, 2.45) is 11.3 Å². The van der Waals surface area contributed by atoms with E-state index < -0.39 is 0 Å². The van der Waals surface area contributed by atoms with Gasteiger partial charge >= 0.3 is 6.03 Å². The van der Waals surface area contributed by atoms with E-state index in [1.165, 1.54) is 16.9 Å². The lowest BCUT2D eigenvalue weighted by Crippen LogP contribution is -2.38. The third-order valence-electron chi connectivity index (χ3n) is 9.20. The predicted molar refractivity (Wildman–Crippen MR) is 166 cm³/mol. The van der Waals surface area contributed by atoms with E-state index in [1.54, 1.807) is 4.90 Å². The van der Waals surface area contributed by atoms with E-state index in [0.29, 0.717) is 30.4 Å². The molecule has 3 N–H and O–H groups in total. The number of hydrogen-bond acceptors (Lipinski definition) is 7. The Bertz CT molecular complexity index is 1460. The molecule has 10 heteroatoms. The lowest BCUT2D eigenvalue weighted by molar-refractivity contribution is 0.0795. The first-order chi connectivity index (χ1) is 20.1. The minimum Gasteiger partial charge on any atom is -0.393 e. The van der Waals surface area contributed by atoms with Gasteiger partial charge in [0.1, 0.15) is 10.3 Å². The summed E-state index contributed by atoms with van der Waals surface area (Å²) in [4.78, 5) is 40.6.